The summed E-state index contributed by atoms with van der Waals surface area (Å²) < 4.78 is 0. The number of carbonyl (C=O) groups excluding carboxylic acids is 2. The number of hydrogen-bond donors (Lipinski definition) is 3. The van der Waals surface area contributed by atoms with E-state index >= 15 is 0 Å². The molecule has 1 aromatic rings. The van der Waals surface area contributed by atoms with E-state index in [1.807, 2.05) is 29.6 Å². The maximum Gasteiger partial charge on any atom is 0.290 e. The Bertz CT molecular complexity index is 702. The largest absolute Gasteiger partial charge is 0.503 e. The first-order chi connectivity index (χ1) is 12.2. The van der Waals surface area contributed by atoms with Crippen LogP contribution in [-0.4, -0.2) is 53.0 Å². The van der Waals surface area contributed by atoms with Gasteiger partial charge in [-0.2, -0.15) is 0 Å². The smallest absolute Gasteiger partial charge is 0.290 e. The second kappa shape index (κ2) is 8.01. The van der Waals surface area contributed by atoms with Crippen molar-refractivity contribution in [2.45, 2.75) is 39.2 Å². The van der Waals surface area contributed by atoms with Gasteiger partial charge in [-0.05, 0) is 23.5 Å². The van der Waals surface area contributed by atoms with E-state index in [-0.39, 0.29) is 23.4 Å². The number of hydrogen-bond acceptors (Lipinski definition) is 4. The number of aliphatic hydroxyl groups excluding tert-OH is 2. The van der Waals surface area contributed by atoms with Crippen molar-refractivity contribution in [1.29, 1.82) is 0 Å². The Balaban J connectivity index is 2.34. The topological polar surface area (TPSA) is 94.5 Å². The summed E-state index contributed by atoms with van der Waals surface area (Å²) >= 11 is 0. The Hall–Kier alpha value is -2.18. The highest BCUT2D eigenvalue weighted by Crippen LogP contribution is 2.37. The molecule has 1 aliphatic heterocycles. The van der Waals surface area contributed by atoms with Crippen LogP contribution >= 0.6 is 0 Å². The van der Waals surface area contributed by atoms with E-state index in [4.69, 9.17) is 5.11 Å². The predicted molar refractivity (Wildman–Crippen MR) is 98.7 cm³/mol. The molecule has 26 heavy (non-hydrogen) atoms. The molecule has 6 heteroatoms. The highest BCUT2D eigenvalue weighted by Gasteiger charge is 2.42. The fourth-order valence-electron chi connectivity index (χ4n) is 3.22. The predicted octanol–water partition coefficient (Wildman–Crippen LogP) is 0.824. The first kappa shape index (κ1) is 20.1. The van der Waals surface area contributed by atoms with Crippen LogP contribution in [0.25, 0.3) is 0 Å². The molecule has 0 aliphatic carbocycles. The molecule has 0 radical (unpaired) electrons. The molecule has 4 N–H and O–H groups in total. The molecular weight excluding hydrogens is 332 g/mol. The van der Waals surface area contributed by atoms with E-state index in [1.165, 1.54) is 11.8 Å². The van der Waals surface area contributed by atoms with Gasteiger partial charge in [0.15, 0.2) is 11.5 Å². The standard InChI is InChI=1S/C20H28N2O4/c1-13(24)16-17(14-5-7-15(8-6-14)20(2,3)4)22(19(26)18(16)25)11-9-21-10-12-23/h5-8,17,21,23,25H,9-12H2,1-4H3/p+1/t17-/m1/s1. The summed E-state index contributed by atoms with van der Waals surface area (Å²) in [6, 6.07) is 7.28. The van der Waals surface area contributed by atoms with Crippen molar-refractivity contribution in [1.82, 2.24) is 4.90 Å². The molecule has 1 aliphatic rings. The summed E-state index contributed by atoms with van der Waals surface area (Å²) in [6.07, 6.45) is 0. The first-order valence-corrected chi connectivity index (χ1v) is 8.96. The van der Waals surface area contributed by atoms with E-state index in [0.29, 0.717) is 19.6 Å². The van der Waals surface area contributed by atoms with Crippen LogP contribution in [0, 0.1) is 0 Å². The second-order valence-corrected chi connectivity index (χ2v) is 7.68. The van der Waals surface area contributed by atoms with Gasteiger partial charge in [0.2, 0.25) is 0 Å². The summed E-state index contributed by atoms with van der Waals surface area (Å²) in [5.41, 5.74) is 2.12. The molecule has 0 aromatic heterocycles. The van der Waals surface area contributed by atoms with Gasteiger partial charge < -0.3 is 20.4 Å². The lowest BCUT2D eigenvalue weighted by Gasteiger charge is -2.27. The fraction of sp³-hybridized carbons (Fsp3) is 0.500. The zero-order valence-corrected chi connectivity index (χ0v) is 16.0. The van der Waals surface area contributed by atoms with Crippen molar-refractivity contribution in [3.8, 4) is 0 Å². The number of nitrogens with zero attached hydrogens (tertiary/aromatic N) is 1. The number of Topliss-reactive ketones (excluding diaryl/α,β-unsaturated/α-hetero) is 1. The number of ketones is 1. The van der Waals surface area contributed by atoms with Crippen molar-refractivity contribution < 1.29 is 25.1 Å². The minimum Gasteiger partial charge on any atom is -0.503 e. The van der Waals surface area contributed by atoms with Crippen LogP contribution in [0.5, 0.6) is 0 Å². The maximum absolute atomic E-state index is 12.5. The SMILES string of the molecule is CC(=O)C1=C(O)C(=O)N(CC[NH2+]CCO)[C@@H]1c1ccc(C(C)(C)C)cc1. The van der Waals surface area contributed by atoms with Crippen LogP contribution in [0.15, 0.2) is 35.6 Å². The lowest BCUT2D eigenvalue weighted by Crippen LogP contribution is -2.86. The molecule has 6 nitrogen and oxygen atoms in total. The van der Waals surface area contributed by atoms with Crippen molar-refractivity contribution in [2.75, 3.05) is 26.2 Å². The Labute approximate surface area is 154 Å². The van der Waals surface area contributed by atoms with Gasteiger partial charge in [0, 0.05) is 0 Å². The van der Waals surface area contributed by atoms with Crippen LogP contribution in [0.4, 0.5) is 0 Å². The molecule has 0 unspecified atom stereocenters. The molecule has 0 saturated heterocycles. The molecule has 1 amide bonds. The minimum atomic E-state index is -0.573. The number of nitrogens with two attached hydrogens (primary N) is 1. The third kappa shape index (κ3) is 4.14. The number of aliphatic hydroxyl groups is 2. The van der Waals surface area contributed by atoms with Gasteiger partial charge in [0.1, 0.15) is 0 Å². The normalized spacial score (nSPS) is 18.0. The number of carbonyl (C=O) groups is 2. The van der Waals surface area contributed by atoms with E-state index in [1.54, 1.807) is 0 Å². The first-order valence-electron chi connectivity index (χ1n) is 8.96. The van der Waals surface area contributed by atoms with E-state index < -0.39 is 17.7 Å². The third-order valence-corrected chi connectivity index (χ3v) is 4.68. The molecular formula is C20H29N2O4+. The van der Waals surface area contributed by atoms with Crippen molar-refractivity contribution in [3.63, 3.8) is 0 Å². The Morgan fingerprint density at radius 3 is 2.31 bits per heavy atom. The van der Waals surface area contributed by atoms with Crippen LogP contribution in [0.1, 0.15) is 44.9 Å². The van der Waals surface area contributed by atoms with Crippen molar-refractivity contribution in [3.05, 3.63) is 46.7 Å². The van der Waals surface area contributed by atoms with Crippen LogP contribution in [0.3, 0.4) is 0 Å². The molecule has 142 valence electrons. The van der Waals surface area contributed by atoms with Gasteiger partial charge in [0.25, 0.3) is 5.91 Å². The molecule has 1 aromatic carbocycles. The van der Waals surface area contributed by atoms with Gasteiger partial charge in [-0.1, -0.05) is 45.0 Å². The van der Waals surface area contributed by atoms with Gasteiger partial charge >= 0.3 is 0 Å². The number of rotatable bonds is 7. The Kier molecular flexibility index (Phi) is 6.21. The van der Waals surface area contributed by atoms with Crippen molar-refractivity contribution >= 4 is 11.7 Å². The Morgan fingerprint density at radius 1 is 1.19 bits per heavy atom. The van der Waals surface area contributed by atoms with E-state index in [9.17, 15) is 14.7 Å². The molecule has 2 rings (SSSR count). The second-order valence-electron chi connectivity index (χ2n) is 7.68. The average molecular weight is 361 g/mol. The quantitative estimate of drug-likeness (QED) is 0.627. The van der Waals surface area contributed by atoms with Gasteiger partial charge in [-0.15, -0.1) is 0 Å². The summed E-state index contributed by atoms with van der Waals surface area (Å²) in [4.78, 5) is 26.1. The van der Waals surface area contributed by atoms with E-state index in [2.05, 4.69) is 20.8 Å². The molecule has 1 heterocycles. The van der Waals surface area contributed by atoms with Crippen LogP contribution in [-0.2, 0) is 15.0 Å². The average Bonchev–Trinajstić information content (AvgIpc) is 2.83. The summed E-state index contributed by atoms with van der Waals surface area (Å²) in [5, 5.41) is 21.0. The zero-order chi connectivity index (χ0) is 19.5. The lowest BCUT2D eigenvalue weighted by molar-refractivity contribution is -0.655. The van der Waals surface area contributed by atoms with Gasteiger partial charge in [0.05, 0.1) is 37.9 Å². The summed E-state index contributed by atoms with van der Waals surface area (Å²) in [5.74, 6) is -1.27. The van der Waals surface area contributed by atoms with Gasteiger partial charge in [-0.3, -0.25) is 9.59 Å². The highest BCUT2D eigenvalue weighted by atomic mass is 16.3. The summed E-state index contributed by atoms with van der Waals surface area (Å²) in [7, 11) is 0. The molecule has 0 fully saturated rings. The molecule has 0 bridgehead atoms. The third-order valence-electron chi connectivity index (χ3n) is 4.68. The highest BCUT2D eigenvalue weighted by molar-refractivity contribution is 6.08. The van der Waals surface area contributed by atoms with Gasteiger partial charge in [-0.25, -0.2) is 0 Å². The number of amides is 1. The molecule has 0 spiro atoms. The number of benzene rings is 1. The molecule has 0 saturated carbocycles. The summed E-state index contributed by atoms with van der Waals surface area (Å²) in [6.45, 7) is 9.31. The van der Waals surface area contributed by atoms with Crippen molar-refractivity contribution in [2.24, 2.45) is 0 Å². The molecule has 1 atom stereocenters. The fourth-order valence-corrected chi connectivity index (χ4v) is 3.22. The maximum atomic E-state index is 12.5. The Morgan fingerprint density at radius 2 is 1.81 bits per heavy atom. The number of quaternary nitrogens is 1. The van der Waals surface area contributed by atoms with Crippen LogP contribution in [0.2, 0.25) is 0 Å². The minimum absolute atomic E-state index is 0.00432. The van der Waals surface area contributed by atoms with Crippen LogP contribution < -0.4 is 5.32 Å². The zero-order valence-electron chi connectivity index (χ0n) is 16.0. The lowest BCUT2D eigenvalue weighted by atomic mass is 9.85. The van der Waals surface area contributed by atoms with E-state index in [0.717, 1.165) is 11.1 Å². The monoisotopic (exact) mass is 361 g/mol.